The molecule has 1 aliphatic carbocycles. The lowest BCUT2D eigenvalue weighted by molar-refractivity contribution is -0.128. The Bertz CT molecular complexity index is 391. The molecule has 0 aromatic carbocycles. The predicted molar refractivity (Wildman–Crippen MR) is 75.6 cm³/mol. The zero-order valence-corrected chi connectivity index (χ0v) is 11.8. The van der Waals surface area contributed by atoms with Crippen molar-refractivity contribution in [2.24, 2.45) is 11.7 Å². The minimum absolute atomic E-state index is 0.0330. The van der Waals surface area contributed by atoms with Gasteiger partial charge in [-0.2, -0.15) is 0 Å². The van der Waals surface area contributed by atoms with Crippen LogP contribution in [-0.2, 0) is 11.2 Å². The van der Waals surface area contributed by atoms with Crippen LogP contribution in [0.3, 0.4) is 0 Å². The quantitative estimate of drug-likeness (QED) is 0.878. The Morgan fingerprint density at radius 1 is 1.67 bits per heavy atom. The second-order valence-electron chi connectivity index (χ2n) is 5.44. The normalized spacial score (nSPS) is 28.0. The van der Waals surface area contributed by atoms with Gasteiger partial charge in [0.25, 0.3) is 0 Å². The SMILES string of the molecule is CC1CCCC(N)(C(=O)NCCc2cccs2)C1. The van der Waals surface area contributed by atoms with E-state index in [4.69, 9.17) is 5.73 Å². The number of hydrogen-bond donors (Lipinski definition) is 2. The lowest BCUT2D eigenvalue weighted by Crippen LogP contribution is -2.56. The van der Waals surface area contributed by atoms with Gasteiger partial charge in [0.15, 0.2) is 0 Å². The Morgan fingerprint density at radius 3 is 3.17 bits per heavy atom. The summed E-state index contributed by atoms with van der Waals surface area (Å²) in [4.78, 5) is 13.5. The molecule has 3 nitrogen and oxygen atoms in total. The maximum Gasteiger partial charge on any atom is 0.240 e. The molecule has 4 heteroatoms. The highest BCUT2D eigenvalue weighted by molar-refractivity contribution is 7.09. The van der Waals surface area contributed by atoms with Crippen LogP contribution in [0.5, 0.6) is 0 Å². The molecule has 1 aliphatic rings. The van der Waals surface area contributed by atoms with Crippen LogP contribution in [0, 0.1) is 5.92 Å². The second-order valence-corrected chi connectivity index (χ2v) is 6.48. The first kappa shape index (κ1) is 13.6. The summed E-state index contributed by atoms with van der Waals surface area (Å²) in [5.74, 6) is 0.595. The Morgan fingerprint density at radius 2 is 2.50 bits per heavy atom. The number of nitrogens with two attached hydrogens (primary N) is 1. The monoisotopic (exact) mass is 266 g/mol. The molecule has 1 aromatic heterocycles. The molecule has 1 aromatic rings. The van der Waals surface area contributed by atoms with Crippen molar-refractivity contribution in [3.8, 4) is 0 Å². The van der Waals surface area contributed by atoms with Gasteiger partial charge in [-0.1, -0.05) is 25.8 Å². The van der Waals surface area contributed by atoms with Crippen molar-refractivity contribution in [2.45, 2.75) is 44.6 Å². The van der Waals surface area contributed by atoms with Crippen molar-refractivity contribution in [1.82, 2.24) is 5.32 Å². The number of carbonyl (C=O) groups is 1. The van der Waals surface area contributed by atoms with Crippen LogP contribution < -0.4 is 11.1 Å². The van der Waals surface area contributed by atoms with Crippen molar-refractivity contribution in [3.05, 3.63) is 22.4 Å². The molecule has 0 saturated heterocycles. The number of amides is 1. The topological polar surface area (TPSA) is 55.1 Å². The summed E-state index contributed by atoms with van der Waals surface area (Å²) in [5.41, 5.74) is 5.61. The van der Waals surface area contributed by atoms with Gasteiger partial charge in [0.1, 0.15) is 0 Å². The highest BCUT2D eigenvalue weighted by Crippen LogP contribution is 2.30. The van der Waals surface area contributed by atoms with Crippen molar-refractivity contribution >= 4 is 17.2 Å². The third-order valence-corrected chi connectivity index (χ3v) is 4.66. The second kappa shape index (κ2) is 5.85. The maximum absolute atomic E-state index is 12.2. The first-order valence-corrected chi connectivity index (χ1v) is 7.58. The van der Waals surface area contributed by atoms with E-state index in [9.17, 15) is 4.79 Å². The number of carbonyl (C=O) groups excluding carboxylic acids is 1. The van der Waals surface area contributed by atoms with Crippen LogP contribution >= 0.6 is 11.3 Å². The van der Waals surface area contributed by atoms with E-state index in [1.807, 2.05) is 6.07 Å². The summed E-state index contributed by atoms with van der Waals surface area (Å²) in [7, 11) is 0. The van der Waals surface area contributed by atoms with Crippen molar-refractivity contribution in [1.29, 1.82) is 0 Å². The average molecular weight is 266 g/mol. The van der Waals surface area contributed by atoms with E-state index in [1.54, 1.807) is 11.3 Å². The fourth-order valence-electron chi connectivity index (χ4n) is 2.73. The Balaban J connectivity index is 1.80. The lowest BCUT2D eigenvalue weighted by atomic mass is 9.76. The van der Waals surface area contributed by atoms with Crippen LogP contribution in [-0.4, -0.2) is 18.0 Å². The fraction of sp³-hybridized carbons (Fsp3) is 0.643. The Kier molecular flexibility index (Phi) is 4.40. The molecule has 0 spiro atoms. The van der Waals surface area contributed by atoms with Crippen LogP contribution in [0.15, 0.2) is 17.5 Å². The zero-order valence-electron chi connectivity index (χ0n) is 10.9. The van der Waals surface area contributed by atoms with Gasteiger partial charge in [0.2, 0.25) is 5.91 Å². The molecule has 0 aliphatic heterocycles. The summed E-state index contributed by atoms with van der Waals surface area (Å²) >= 11 is 1.73. The molecular weight excluding hydrogens is 244 g/mol. The third-order valence-electron chi connectivity index (χ3n) is 3.72. The summed E-state index contributed by atoms with van der Waals surface area (Å²) in [5, 5.41) is 5.05. The molecule has 2 rings (SSSR count). The summed E-state index contributed by atoms with van der Waals surface area (Å²) in [6.45, 7) is 2.87. The van der Waals surface area contributed by atoms with Gasteiger partial charge in [-0.3, -0.25) is 4.79 Å². The number of nitrogens with one attached hydrogen (secondary N) is 1. The molecule has 2 unspecified atom stereocenters. The highest BCUT2D eigenvalue weighted by atomic mass is 32.1. The highest BCUT2D eigenvalue weighted by Gasteiger charge is 2.37. The van der Waals surface area contributed by atoms with E-state index < -0.39 is 5.54 Å². The molecule has 100 valence electrons. The van der Waals surface area contributed by atoms with E-state index in [-0.39, 0.29) is 5.91 Å². The molecule has 18 heavy (non-hydrogen) atoms. The predicted octanol–water partition coefficient (Wildman–Crippen LogP) is 2.31. The summed E-state index contributed by atoms with van der Waals surface area (Å²) in [6.07, 6.45) is 4.80. The molecule has 1 heterocycles. The molecule has 0 radical (unpaired) electrons. The summed E-state index contributed by atoms with van der Waals surface area (Å²) < 4.78 is 0. The minimum Gasteiger partial charge on any atom is -0.354 e. The fourth-order valence-corrected chi connectivity index (χ4v) is 3.44. The van der Waals surface area contributed by atoms with Crippen LogP contribution in [0.1, 0.15) is 37.5 Å². The smallest absolute Gasteiger partial charge is 0.240 e. The van der Waals surface area contributed by atoms with E-state index in [0.717, 1.165) is 25.7 Å². The first-order valence-electron chi connectivity index (χ1n) is 6.70. The molecule has 1 amide bonds. The largest absolute Gasteiger partial charge is 0.354 e. The third kappa shape index (κ3) is 3.33. The van der Waals surface area contributed by atoms with Crippen LogP contribution in [0.2, 0.25) is 0 Å². The maximum atomic E-state index is 12.2. The van der Waals surface area contributed by atoms with Gasteiger partial charge >= 0.3 is 0 Å². The van der Waals surface area contributed by atoms with Gasteiger partial charge in [-0.25, -0.2) is 0 Å². The number of thiophene rings is 1. The Labute approximate surface area is 113 Å². The molecule has 1 saturated carbocycles. The zero-order chi connectivity index (χ0) is 13.0. The van der Waals surface area contributed by atoms with Gasteiger partial charge in [-0.15, -0.1) is 11.3 Å². The van der Waals surface area contributed by atoms with Crippen LogP contribution in [0.25, 0.3) is 0 Å². The number of hydrogen-bond acceptors (Lipinski definition) is 3. The van der Waals surface area contributed by atoms with Gasteiger partial charge in [0, 0.05) is 11.4 Å². The molecule has 3 N–H and O–H groups in total. The minimum atomic E-state index is -0.632. The van der Waals surface area contributed by atoms with Gasteiger partial charge in [-0.05, 0) is 36.6 Å². The summed E-state index contributed by atoms with van der Waals surface area (Å²) in [6, 6.07) is 4.13. The number of rotatable bonds is 4. The van der Waals surface area contributed by atoms with Gasteiger partial charge in [0.05, 0.1) is 5.54 Å². The molecule has 1 fully saturated rings. The molecule has 2 atom stereocenters. The van der Waals surface area contributed by atoms with Crippen molar-refractivity contribution in [2.75, 3.05) is 6.54 Å². The van der Waals surface area contributed by atoms with Gasteiger partial charge < -0.3 is 11.1 Å². The van der Waals surface area contributed by atoms with E-state index in [1.165, 1.54) is 11.3 Å². The average Bonchev–Trinajstić information content (AvgIpc) is 2.81. The van der Waals surface area contributed by atoms with Crippen molar-refractivity contribution in [3.63, 3.8) is 0 Å². The van der Waals surface area contributed by atoms with Crippen LogP contribution in [0.4, 0.5) is 0 Å². The lowest BCUT2D eigenvalue weighted by Gasteiger charge is -2.35. The molecule has 0 bridgehead atoms. The van der Waals surface area contributed by atoms with E-state index in [2.05, 4.69) is 23.7 Å². The molecular formula is C14H22N2OS. The Hall–Kier alpha value is -0.870. The first-order chi connectivity index (χ1) is 8.60. The van der Waals surface area contributed by atoms with E-state index >= 15 is 0 Å². The standard InChI is InChI=1S/C14H22N2OS/c1-11-4-2-7-14(15,10-11)13(17)16-8-6-12-5-3-9-18-12/h3,5,9,11H,2,4,6-8,10,15H2,1H3,(H,16,17). The van der Waals surface area contributed by atoms with Crippen molar-refractivity contribution < 1.29 is 4.79 Å². The van der Waals surface area contributed by atoms with E-state index in [0.29, 0.717) is 12.5 Å².